The van der Waals surface area contributed by atoms with Crippen LogP contribution in [0.2, 0.25) is 0 Å². The second-order valence-electron chi connectivity index (χ2n) is 3.25. The van der Waals surface area contributed by atoms with Gasteiger partial charge < -0.3 is 9.64 Å². The van der Waals surface area contributed by atoms with Gasteiger partial charge in [0, 0.05) is 26.4 Å². The Morgan fingerprint density at radius 3 is 2.13 bits per heavy atom. The van der Waals surface area contributed by atoms with Crippen molar-refractivity contribution in [3.8, 4) is 0 Å². The average Bonchev–Trinajstić information content (AvgIpc) is 2.29. The van der Waals surface area contributed by atoms with Crippen LogP contribution < -0.4 is 4.90 Å². The second kappa shape index (κ2) is 8.30. The van der Waals surface area contributed by atoms with Crippen molar-refractivity contribution in [1.82, 2.24) is 0 Å². The molecule has 0 spiro atoms. The molecule has 2 nitrogen and oxygen atoms in total. The van der Waals surface area contributed by atoms with Crippen LogP contribution >= 0.6 is 0 Å². The van der Waals surface area contributed by atoms with Crippen molar-refractivity contribution >= 4 is 5.69 Å². The van der Waals surface area contributed by atoms with Crippen LogP contribution in [-0.4, -0.2) is 27.3 Å². The number of hydrogen-bond acceptors (Lipinski definition) is 2. The van der Waals surface area contributed by atoms with E-state index in [2.05, 4.69) is 43.1 Å². The molecule has 0 N–H and O–H groups in total. The number of methoxy groups -OCH3 is 1. The molecular weight excluding hydrogens is 186 g/mol. The van der Waals surface area contributed by atoms with Gasteiger partial charge in [0.2, 0.25) is 0 Å². The summed E-state index contributed by atoms with van der Waals surface area (Å²) < 4.78 is 5.02. The Morgan fingerprint density at radius 1 is 1.13 bits per heavy atom. The van der Waals surface area contributed by atoms with Gasteiger partial charge in [0.25, 0.3) is 0 Å². The maximum atomic E-state index is 5.02. The molecule has 0 aliphatic heterocycles. The molecule has 15 heavy (non-hydrogen) atoms. The van der Waals surface area contributed by atoms with E-state index in [4.69, 9.17) is 4.74 Å². The Balaban J connectivity index is 0.000000921. The van der Waals surface area contributed by atoms with Gasteiger partial charge in [0.05, 0.1) is 6.61 Å². The van der Waals surface area contributed by atoms with E-state index in [1.165, 1.54) is 11.3 Å². The minimum Gasteiger partial charge on any atom is -0.383 e. The monoisotopic (exact) mass is 209 g/mol. The van der Waals surface area contributed by atoms with Crippen molar-refractivity contribution in [2.45, 2.75) is 20.8 Å². The first-order valence-electron chi connectivity index (χ1n) is 5.51. The Labute approximate surface area is 93.9 Å². The van der Waals surface area contributed by atoms with Crippen molar-refractivity contribution in [2.75, 3.05) is 32.2 Å². The summed E-state index contributed by atoms with van der Waals surface area (Å²) in [5, 5.41) is 0. The van der Waals surface area contributed by atoms with Gasteiger partial charge in [-0.05, 0) is 19.1 Å². The first-order chi connectivity index (χ1) is 7.24. The summed E-state index contributed by atoms with van der Waals surface area (Å²) in [5.74, 6) is 0. The minimum absolute atomic E-state index is 0.768. The summed E-state index contributed by atoms with van der Waals surface area (Å²) >= 11 is 0. The van der Waals surface area contributed by atoms with E-state index in [0.717, 1.165) is 13.2 Å². The molecule has 0 amide bonds. The molecular formula is C13H23NO. The molecule has 0 saturated carbocycles. The SMILES string of the molecule is CC.COCCN(C)c1ccc(C)cc1. The fraction of sp³-hybridized carbons (Fsp3) is 0.538. The quantitative estimate of drug-likeness (QED) is 0.755. The lowest BCUT2D eigenvalue weighted by atomic mass is 10.2. The van der Waals surface area contributed by atoms with Gasteiger partial charge >= 0.3 is 0 Å². The van der Waals surface area contributed by atoms with Crippen LogP contribution in [0.15, 0.2) is 24.3 Å². The molecule has 0 heterocycles. The zero-order valence-corrected chi connectivity index (χ0v) is 10.6. The molecule has 0 bridgehead atoms. The van der Waals surface area contributed by atoms with Crippen molar-refractivity contribution in [3.05, 3.63) is 29.8 Å². The molecule has 86 valence electrons. The van der Waals surface area contributed by atoms with Gasteiger partial charge in [0.15, 0.2) is 0 Å². The minimum atomic E-state index is 0.768. The highest BCUT2D eigenvalue weighted by Crippen LogP contribution is 2.12. The first-order valence-corrected chi connectivity index (χ1v) is 5.51. The molecule has 1 aromatic rings. The van der Waals surface area contributed by atoms with E-state index in [1.807, 2.05) is 13.8 Å². The van der Waals surface area contributed by atoms with Gasteiger partial charge in [-0.1, -0.05) is 31.5 Å². The third-order valence-electron chi connectivity index (χ3n) is 2.11. The van der Waals surface area contributed by atoms with Crippen LogP contribution in [0.4, 0.5) is 5.69 Å². The Hall–Kier alpha value is -1.02. The molecule has 0 unspecified atom stereocenters. The summed E-state index contributed by atoms with van der Waals surface area (Å²) in [5.41, 5.74) is 2.53. The van der Waals surface area contributed by atoms with Crippen LogP contribution in [0.5, 0.6) is 0 Å². The molecule has 0 aliphatic rings. The van der Waals surface area contributed by atoms with Crippen LogP contribution in [0, 0.1) is 6.92 Å². The third-order valence-corrected chi connectivity index (χ3v) is 2.11. The van der Waals surface area contributed by atoms with Crippen molar-refractivity contribution in [1.29, 1.82) is 0 Å². The number of benzene rings is 1. The normalized spacial score (nSPS) is 9.13. The lowest BCUT2D eigenvalue weighted by molar-refractivity contribution is 0.206. The van der Waals surface area contributed by atoms with E-state index in [0.29, 0.717) is 0 Å². The molecule has 2 heteroatoms. The number of nitrogens with zero attached hydrogens (tertiary/aromatic N) is 1. The Bertz CT molecular complexity index is 243. The number of rotatable bonds is 4. The van der Waals surface area contributed by atoms with Gasteiger partial charge in [-0.15, -0.1) is 0 Å². The molecule has 0 aromatic heterocycles. The predicted molar refractivity (Wildman–Crippen MR) is 67.7 cm³/mol. The smallest absolute Gasteiger partial charge is 0.0637 e. The molecule has 0 radical (unpaired) electrons. The maximum absolute atomic E-state index is 5.02. The van der Waals surface area contributed by atoms with Crippen LogP contribution in [0.3, 0.4) is 0 Å². The van der Waals surface area contributed by atoms with Crippen molar-refractivity contribution < 1.29 is 4.74 Å². The van der Waals surface area contributed by atoms with Gasteiger partial charge in [0.1, 0.15) is 0 Å². The van der Waals surface area contributed by atoms with Crippen LogP contribution in [0.1, 0.15) is 19.4 Å². The van der Waals surface area contributed by atoms with E-state index in [-0.39, 0.29) is 0 Å². The molecule has 1 aromatic carbocycles. The summed E-state index contributed by atoms with van der Waals surface area (Å²) in [4.78, 5) is 2.18. The maximum Gasteiger partial charge on any atom is 0.0637 e. The molecule has 0 atom stereocenters. The van der Waals surface area contributed by atoms with Crippen LogP contribution in [0.25, 0.3) is 0 Å². The topological polar surface area (TPSA) is 12.5 Å². The van der Waals surface area contributed by atoms with Gasteiger partial charge in [-0.3, -0.25) is 0 Å². The average molecular weight is 209 g/mol. The Kier molecular flexibility index (Phi) is 7.74. The standard InChI is InChI=1S/C11H17NO.C2H6/c1-10-4-6-11(7-5-10)12(2)8-9-13-3;1-2/h4-7H,8-9H2,1-3H3;1-2H3. The molecule has 1 rings (SSSR count). The summed E-state index contributed by atoms with van der Waals surface area (Å²) in [6.07, 6.45) is 0. The highest BCUT2D eigenvalue weighted by atomic mass is 16.5. The number of ether oxygens (including phenoxy) is 1. The fourth-order valence-corrected chi connectivity index (χ4v) is 1.16. The zero-order chi connectivity index (χ0) is 11.7. The third kappa shape index (κ3) is 5.43. The number of aryl methyl sites for hydroxylation is 1. The fourth-order valence-electron chi connectivity index (χ4n) is 1.16. The highest BCUT2D eigenvalue weighted by Gasteiger charge is 1.98. The predicted octanol–water partition coefficient (Wildman–Crippen LogP) is 3.10. The van der Waals surface area contributed by atoms with E-state index in [9.17, 15) is 0 Å². The van der Waals surface area contributed by atoms with Crippen LogP contribution in [-0.2, 0) is 4.74 Å². The summed E-state index contributed by atoms with van der Waals surface area (Å²) in [6, 6.07) is 8.51. The lowest BCUT2D eigenvalue weighted by Gasteiger charge is -2.18. The van der Waals surface area contributed by atoms with Gasteiger partial charge in [-0.25, -0.2) is 0 Å². The summed E-state index contributed by atoms with van der Waals surface area (Å²) in [7, 11) is 3.80. The molecule has 0 saturated heterocycles. The van der Waals surface area contributed by atoms with Crippen molar-refractivity contribution in [2.24, 2.45) is 0 Å². The first kappa shape index (κ1) is 14.0. The van der Waals surface area contributed by atoms with E-state index in [1.54, 1.807) is 7.11 Å². The van der Waals surface area contributed by atoms with E-state index < -0.39 is 0 Å². The highest BCUT2D eigenvalue weighted by molar-refractivity contribution is 5.46. The lowest BCUT2D eigenvalue weighted by Crippen LogP contribution is -2.21. The molecule has 0 fully saturated rings. The Morgan fingerprint density at radius 2 is 1.67 bits per heavy atom. The number of hydrogen-bond donors (Lipinski definition) is 0. The number of likely N-dealkylation sites (N-methyl/N-ethyl adjacent to an activating group) is 1. The van der Waals surface area contributed by atoms with Gasteiger partial charge in [-0.2, -0.15) is 0 Å². The molecule has 0 aliphatic carbocycles. The second-order valence-corrected chi connectivity index (χ2v) is 3.25. The summed E-state index contributed by atoms with van der Waals surface area (Å²) in [6.45, 7) is 7.79. The zero-order valence-electron chi connectivity index (χ0n) is 10.6. The largest absolute Gasteiger partial charge is 0.383 e. The number of anilines is 1. The van der Waals surface area contributed by atoms with Crippen molar-refractivity contribution in [3.63, 3.8) is 0 Å². The van der Waals surface area contributed by atoms with E-state index >= 15 is 0 Å².